The van der Waals surface area contributed by atoms with Crippen LogP contribution in [0.2, 0.25) is 5.15 Å². The zero-order chi connectivity index (χ0) is 8.59. The van der Waals surface area contributed by atoms with E-state index < -0.39 is 0 Å². The molecule has 0 aromatic carbocycles. The number of nitrogens with zero attached hydrogens (tertiary/aromatic N) is 2. The Hall–Kier alpha value is -0.350. The third-order valence-corrected chi connectivity index (χ3v) is 2.64. The van der Waals surface area contributed by atoms with Crippen LogP contribution in [-0.2, 0) is 7.05 Å². The van der Waals surface area contributed by atoms with Gasteiger partial charge in [0.15, 0.2) is 5.15 Å². The fraction of sp³-hybridized carbons (Fsp3) is 0.333. The molecule has 0 spiro atoms. The number of aryl methyl sites for hydroxylation is 1. The summed E-state index contributed by atoms with van der Waals surface area (Å²) >= 11 is 8.66. The fourth-order valence-electron chi connectivity index (χ4n) is 0.649. The van der Waals surface area contributed by atoms with E-state index in [2.05, 4.69) is 20.9 Å². The molecule has 3 nitrogen and oxygen atoms in total. The van der Waals surface area contributed by atoms with Crippen LogP contribution in [0.5, 0.6) is 0 Å². The van der Waals surface area contributed by atoms with E-state index in [9.17, 15) is 4.79 Å². The first-order chi connectivity index (χ1) is 5.04. The molecule has 1 aromatic heterocycles. The number of halogens is 2. The number of hydrogen-bond donors (Lipinski definition) is 0. The molecule has 5 heteroatoms. The Kier molecular flexibility index (Phi) is 2.34. The van der Waals surface area contributed by atoms with Crippen molar-refractivity contribution in [3.63, 3.8) is 0 Å². The van der Waals surface area contributed by atoms with E-state index in [1.54, 1.807) is 14.0 Å². The summed E-state index contributed by atoms with van der Waals surface area (Å²) in [4.78, 5) is 15.1. The molecule has 0 saturated carbocycles. The van der Waals surface area contributed by atoms with Crippen molar-refractivity contribution in [2.45, 2.75) is 6.92 Å². The minimum atomic E-state index is -0.164. The minimum Gasteiger partial charge on any atom is -0.299 e. The van der Waals surface area contributed by atoms with Crippen molar-refractivity contribution in [3.05, 3.63) is 25.8 Å². The molecule has 1 rings (SSSR count). The lowest BCUT2D eigenvalue weighted by Gasteiger charge is -2.02. The van der Waals surface area contributed by atoms with Gasteiger partial charge in [0.05, 0.1) is 0 Å². The molecule has 0 aliphatic rings. The zero-order valence-corrected chi connectivity index (χ0v) is 8.40. The standard InChI is InChI=1S/C6H6BrClN2O/c1-3-9-5(8)4(7)6(11)10(3)2/h1-2H3. The minimum absolute atomic E-state index is 0.164. The van der Waals surface area contributed by atoms with Crippen LogP contribution in [0.25, 0.3) is 0 Å². The normalized spacial score (nSPS) is 10.2. The van der Waals surface area contributed by atoms with Gasteiger partial charge in [-0.15, -0.1) is 0 Å². The average molecular weight is 237 g/mol. The molecular weight excluding hydrogens is 231 g/mol. The Bertz CT molecular complexity index is 318. The first-order valence-electron chi connectivity index (χ1n) is 2.92. The van der Waals surface area contributed by atoms with E-state index in [1.807, 2.05) is 0 Å². The topological polar surface area (TPSA) is 34.9 Å². The molecule has 0 atom stereocenters. The Morgan fingerprint density at radius 1 is 1.64 bits per heavy atom. The Morgan fingerprint density at radius 2 is 2.18 bits per heavy atom. The number of hydrogen-bond acceptors (Lipinski definition) is 2. The van der Waals surface area contributed by atoms with Crippen LogP contribution in [0.1, 0.15) is 5.82 Å². The maximum atomic E-state index is 11.2. The number of aromatic nitrogens is 2. The predicted octanol–water partition coefficient (Wildman–Crippen LogP) is 1.50. The third-order valence-electron chi connectivity index (χ3n) is 1.42. The molecule has 11 heavy (non-hydrogen) atoms. The molecule has 0 radical (unpaired) electrons. The van der Waals surface area contributed by atoms with Gasteiger partial charge in [0.2, 0.25) is 0 Å². The summed E-state index contributed by atoms with van der Waals surface area (Å²) in [5.41, 5.74) is -0.164. The Morgan fingerprint density at radius 3 is 2.73 bits per heavy atom. The number of rotatable bonds is 0. The first-order valence-corrected chi connectivity index (χ1v) is 4.09. The molecule has 0 N–H and O–H groups in total. The van der Waals surface area contributed by atoms with E-state index >= 15 is 0 Å². The van der Waals surface area contributed by atoms with Crippen LogP contribution in [0.15, 0.2) is 9.27 Å². The van der Waals surface area contributed by atoms with Gasteiger partial charge in [-0.25, -0.2) is 4.98 Å². The van der Waals surface area contributed by atoms with E-state index in [4.69, 9.17) is 11.6 Å². The molecule has 0 saturated heterocycles. The highest BCUT2D eigenvalue weighted by Crippen LogP contribution is 2.14. The maximum absolute atomic E-state index is 11.2. The van der Waals surface area contributed by atoms with Crippen LogP contribution < -0.4 is 5.56 Å². The van der Waals surface area contributed by atoms with Crippen LogP contribution in [0.4, 0.5) is 0 Å². The smallest absolute Gasteiger partial charge is 0.269 e. The van der Waals surface area contributed by atoms with E-state index in [1.165, 1.54) is 4.57 Å². The van der Waals surface area contributed by atoms with Crippen LogP contribution in [-0.4, -0.2) is 9.55 Å². The second-order valence-corrected chi connectivity index (χ2v) is 3.28. The summed E-state index contributed by atoms with van der Waals surface area (Å²) in [5.74, 6) is 0.600. The molecule has 60 valence electrons. The molecule has 0 amide bonds. The van der Waals surface area contributed by atoms with Crippen LogP contribution in [0, 0.1) is 6.92 Å². The van der Waals surface area contributed by atoms with Gasteiger partial charge in [-0.3, -0.25) is 9.36 Å². The van der Waals surface area contributed by atoms with Crippen molar-refractivity contribution in [1.29, 1.82) is 0 Å². The van der Waals surface area contributed by atoms with Crippen LogP contribution in [0.3, 0.4) is 0 Å². The molecular formula is C6H6BrClN2O. The van der Waals surface area contributed by atoms with Gasteiger partial charge >= 0.3 is 0 Å². The summed E-state index contributed by atoms with van der Waals surface area (Å²) in [6.07, 6.45) is 0. The summed E-state index contributed by atoms with van der Waals surface area (Å²) in [6.45, 7) is 1.72. The summed E-state index contributed by atoms with van der Waals surface area (Å²) in [7, 11) is 1.64. The van der Waals surface area contributed by atoms with Gasteiger partial charge in [-0.2, -0.15) is 0 Å². The highest BCUT2D eigenvalue weighted by molar-refractivity contribution is 9.10. The molecule has 0 unspecified atom stereocenters. The second-order valence-electron chi connectivity index (χ2n) is 2.13. The summed E-state index contributed by atoms with van der Waals surface area (Å²) in [5, 5.41) is 0.214. The summed E-state index contributed by atoms with van der Waals surface area (Å²) < 4.78 is 1.74. The van der Waals surface area contributed by atoms with E-state index in [0.29, 0.717) is 10.3 Å². The second kappa shape index (κ2) is 2.95. The van der Waals surface area contributed by atoms with Gasteiger partial charge < -0.3 is 0 Å². The molecule has 0 aliphatic heterocycles. The molecule has 1 aromatic rings. The zero-order valence-electron chi connectivity index (χ0n) is 6.06. The molecule has 0 fully saturated rings. The van der Waals surface area contributed by atoms with Crippen molar-refractivity contribution < 1.29 is 0 Å². The monoisotopic (exact) mass is 236 g/mol. The van der Waals surface area contributed by atoms with E-state index in [0.717, 1.165) is 0 Å². The molecule has 1 heterocycles. The van der Waals surface area contributed by atoms with Gasteiger partial charge in [0, 0.05) is 7.05 Å². The van der Waals surface area contributed by atoms with Crippen molar-refractivity contribution in [3.8, 4) is 0 Å². The SMILES string of the molecule is Cc1nc(Cl)c(Br)c(=O)n1C. The molecule has 0 bridgehead atoms. The highest BCUT2D eigenvalue weighted by atomic mass is 79.9. The van der Waals surface area contributed by atoms with Crippen molar-refractivity contribution in [1.82, 2.24) is 9.55 Å². The van der Waals surface area contributed by atoms with Crippen LogP contribution >= 0.6 is 27.5 Å². The Balaban J connectivity index is 3.59. The fourth-order valence-corrected chi connectivity index (χ4v) is 1.21. The lowest BCUT2D eigenvalue weighted by molar-refractivity contribution is 0.768. The van der Waals surface area contributed by atoms with Gasteiger partial charge in [0.1, 0.15) is 10.3 Å². The van der Waals surface area contributed by atoms with Gasteiger partial charge in [0.25, 0.3) is 5.56 Å². The predicted molar refractivity (Wildman–Crippen MR) is 46.9 cm³/mol. The molecule has 0 aliphatic carbocycles. The quantitative estimate of drug-likeness (QED) is 0.641. The summed E-state index contributed by atoms with van der Waals surface area (Å²) in [6, 6.07) is 0. The first kappa shape index (κ1) is 8.74. The van der Waals surface area contributed by atoms with Gasteiger partial charge in [-0.05, 0) is 22.9 Å². The largest absolute Gasteiger partial charge is 0.299 e. The van der Waals surface area contributed by atoms with E-state index in [-0.39, 0.29) is 10.7 Å². The third kappa shape index (κ3) is 1.46. The highest BCUT2D eigenvalue weighted by Gasteiger charge is 2.06. The van der Waals surface area contributed by atoms with Crippen molar-refractivity contribution in [2.75, 3.05) is 0 Å². The maximum Gasteiger partial charge on any atom is 0.269 e. The Labute approximate surface area is 77.1 Å². The van der Waals surface area contributed by atoms with Gasteiger partial charge in [-0.1, -0.05) is 11.6 Å². The lowest BCUT2D eigenvalue weighted by atomic mass is 10.5. The van der Waals surface area contributed by atoms with Crippen molar-refractivity contribution >= 4 is 27.5 Å². The lowest BCUT2D eigenvalue weighted by Crippen LogP contribution is -2.21. The van der Waals surface area contributed by atoms with Crippen molar-refractivity contribution in [2.24, 2.45) is 7.05 Å². The average Bonchev–Trinajstić information content (AvgIpc) is 1.97.